The van der Waals surface area contributed by atoms with E-state index in [-0.39, 0.29) is 24.2 Å². The highest BCUT2D eigenvalue weighted by Crippen LogP contribution is 2.29. The van der Waals surface area contributed by atoms with E-state index in [4.69, 9.17) is 14.2 Å². The second kappa shape index (κ2) is 10.6. The summed E-state index contributed by atoms with van der Waals surface area (Å²) in [7, 11) is 1.50. The zero-order chi connectivity index (χ0) is 21.3. The summed E-state index contributed by atoms with van der Waals surface area (Å²) in [6, 6.07) is 6.98. The molecular weight excluding hydrogens is 386 g/mol. The smallest absolute Gasteiger partial charge is 0.262 e. The average Bonchev–Trinajstić information content (AvgIpc) is 3.48. The fourth-order valence-corrected chi connectivity index (χ4v) is 3.51. The standard InChI is InChI=1S/C22H27N3O5/c1-28-20-12-16(6-7-19(20)30-15-21(26)25-8-2-3-9-25)11-17(13-23)22(27)24-14-18-5-4-10-29-18/h6-7,11-12,18H,2-5,8-10,14-15H2,1H3,(H,24,27)/b17-11+/t18-/m1/s1. The van der Waals surface area contributed by atoms with E-state index in [1.54, 1.807) is 23.1 Å². The lowest BCUT2D eigenvalue weighted by atomic mass is 10.1. The Kier molecular flexibility index (Phi) is 7.69. The maximum Gasteiger partial charge on any atom is 0.262 e. The zero-order valence-electron chi connectivity index (χ0n) is 17.2. The molecule has 2 fully saturated rings. The summed E-state index contributed by atoms with van der Waals surface area (Å²) >= 11 is 0. The van der Waals surface area contributed by atoms with Crippen LogP contribution in [-0.4, -0.2) is 62.8 Å². The summed E-state index contributed by atoms with van der Waals surface area (Å²) in [5, 5.41) is 12.1. The van der Waals surface area contributed by atoms with E-state index in [2.05, 4.69) is 5.32 Å². The van der Waals surface area contributed by atoms with Crippen molar-refractivity contribution in [2.75, 3.05) is 40.0 Å². The van der Waals surface area contributed by atoms with Crippen LogP contribution in [0.1, 0.15) is 31.2 Å². The van der Waals surface area contributed by atoms with E-state index in [0.717, 1.165) is 38.8 Å². The van der Waals surface area contributed by atoms with Crippen LogP contribution in [-0.2, 0) is 14.3 Å². The van der Waals surface area contributed by atoms with Gasteiger partial charge < -0.3 is 24.4 Å². The van der Waals surface area contributed by atoms with Gasteiger partial charge in [0.2, 0.25) is 0 Å². The Morgan fingerprint density at radius 1 is 1.30 bits per heavy atom. The highest BCUT2D eigenvalue weighted by atomic mass is 16.5. The molecule has 2 heterocycles. The molecule has 8 heteroatoms. The molecule has 2 aliphatic heterocycles. The number of likely N-dealkylation sites (tertiary alicyclic amines) is 1. The lowest BCUT2D eigenvalue weighted by molar-refractivity contribution is -0.132. The maximum atomic E-state index is 12.3. The number of hydrogen-bond donors (Lipinski definition) is 1. The lowest BCUT2D eigenvalue weighted by Gasteiger charge is -2.16. The predicted octanol–water partition coefficient (Wildman–Crippen LogP) is 1.90. The number of ether oxygens (including phenoxy) is 3. The van der Waals surface area contributed by atoms with Crippen LogP contribution in [0.5, 0.6) is 11.5 Å². The Morgan fingerprint density at radius 2 is 2.10 bits per heavy atom. The van der Waals surface area contributed by atoms with Crippen molar-refractivity contribution in [3.05, 3.63) is 29.3 Å². The van der Waals surface area contributed by atoms with Gasteiger partial charge in [0.05, 0.1) is 13.2 Å². The SMILES string of the molecule is COc1cc(/C=C(\C#N)C(=O)NC[C@H]2CCCO2)ccc1OCC(=O)N1CCCC1. The number of nitrogens with zero attached hydrogens (tertiary/aromatic N) is 2. The molecule has 2 amide bonds. The van der Waals surface area contributed by atoms with Crippen LogP contribution in [0, 0.1) is 11.3 Å². The third kappa shape index (κ3) is 5.74. The predicted molar refractivity (Wildman–Crippen MR) is 110 cm³/mol. The Labute approximate surface area is 176 Å². The Bertz CT molecular complexity index is 834. The van der Waals surface area contributed by atoms with Crippen LogP contribution >= 0.6 is 0 Å². The Hall–Kier alpha value is -3.05. The molecule has 1 aromatic carbocycles. The monoisotopic (exact) mass is 413 g/mol. The van der Waals surface area contributed by atoms with Gasteiger partial charge in [-0.1, -0.05) is 6.07 Å². The summed E-state index contributed by atoms with van der Waals surface area (Å²) in [6.07, 6.45) is 5.45. The van der Waals surface area contributed by atoms with E-state index < -0.39 is 5.91 Å². The number of nitrogens with one attached hydrogen (secondary N) is 1. The van der Waals surface area contributed by atoms with Crippen LogP contribution in [0.4, 0.5) is 0 Å². The van der Waals surface area contributed by atoms with E-state index in [9.17, 15) is 14.9 Å². The van der Waals surface area contributed by atoms with Crippen molar-refractivity contribution in [2.24, 2.45) is 0 Å². The van der Waals surface area contributed by atoms with Gasteiger partial charge in [-0.3, -0.25) is 9.59 Å². The molecular formula is C22H27N3O5. The first-order valence-corrected chi connectivity index (χ1v) is 10.2. The van der Waals surface area contributed by atoms with Crippen LogP contribution < -0.4 is 14.8 Å². The van der Waals surface area contributed by atoms with Gasteiger partial charge in [0.25, 0.3) is 11.8 Å². The molecule has 0 radical (unpaired) electrons. The van der Waals surface area contributed by atoms with Crippen LogP contribution in [0.3, 0.4) is 0 Å². The van der Waals surface area contributed by atoms with E-state index in [1.807, 2.05) is 6.07 Å². The fraction of sp³-hybridized carbons (Fsp3) is 0.500. The van der Waals surface area contributed by atoms with E-state index in [1.165, 1.54) is 13.2 Å². The molecule has 0 saturated carbocycles. The van der Waals surface area contributed by atoms with Crippen LogP contribution in [0.2, 0.25) is 0 Å². The highest BCUT2D eigenvalue weighted by Gasteiger charge is 2.20. The Morgan fingerprint density at radius 3 is 2.77 bits per heavy atom. The Balaban J connectivity index is 1.62. The van der Waals surface area contributed by atoms with Crippen molar-refractivity contribution < 1.29 is 23.8 Å². The van der Waals surface area contributed by atoms with Crippen molar-refractivity contribution >= 4 is 17.9 Å². The highest BCUT2D eigenvalue weighted by molar-refractivity contribution is 6.01. The van der Waals surface area contributed by atoms with Crippen molar-refractivity contribution in [1.29, 1.82) is 5.26 Å². The molecule has 0 unspecified atom stereocenters. The van der Waals surface area contributed by atoms with Gasteiger partial charge in [0.1, 0.15) is 11.6 Å². The molecule has 0 aromatic heterocycles. The summed E-state index contributed by atoms with van der Waals surface area (Å²) in [4.78, 5) is 26.3. The third-order valence-corrected chi connectivity index (χ3v) is 5.19. The quantitative estimate of drug-likeness (QED) is 0.516. The minimum atomic E-state index is -0.441. The number of hydrogen-bond acceptors (Lipinski definition) is 6. The second-order valence-corrected chi connectivity index (χ2v) is 7.30. The molecule has 30 heavy (non-hydrogen) atoms. The molecule has 2 saturated heterocycles. The molecule has 1 atom stereocenters. The van der Waals surface area contributed by atoms with Crippen molar-refractivity contribution in [3.8, 4) is 17.6 Å². The third-order valence-electron chi connectivity index (χ3n) is 5.19. The first-order chi connectivity index (χ1) is 14.6. The molecule has 1 N–H and O–H groups in total. The molecule has 0 aliphatic carbocycles. The van der Waals surface area contributed by atoms with Gasteiger partial charge in [-0.25, -0.2) is 0 Å². The largest absolute Gasteiger partial charge is 0.493 e. The molecule has 0 bridgehead atoms. The number of rotatable bonds is 8. The van der Waals surface area contributed by atoms with Crippen LogP contribution in [0.25, 0.3) is 6.08 Å². The van der Waals surface area contributed by atoms with Gasteiger partial charge >= 0.3 is 0 Å². The van der Waals surface area contributed by atoms with Gasteiger partial charge in [-0.15, -0.1) is 0 Å². The number of carbonyl (C=O) groups excluding carboxylic acids is 2. The molecule has 8 nitrogen and oxygen atoms in total. The fourth-order valence-electron chi connectivity index (χ4n) is 3.51. The summed E-state index contributed by atoms with van der Waals surface area (Å²) < 4.78 is 16.5. The topological polar surface area (TPSA) is 101 Å². The van der Waals surface area contributed by atoms with E-state index >= 15 is 0 Å². The first kappa shape index (κ1) is 21.7. The van der Waals surface area contributed by atoms with E-state index in [0.29, 0.717) is 30.2 Å². The van der Waals surface area contributed by atoms with Gasteiger partial charge in [0.15, 0.2) is 18.1 Å². The van der Waals surface area contributed by atoms with Gasteiger partial charge in [-0.05, 0) is 49.5 Å². The summed E-state index contributed by atoms with van der Waals surface area (Å²) in [5.41, 5.74) is 0.613. The number of amides is 2. The van der Waals surface area contributed by atoms with Gasteiger partial charge in [-0.2, -0.15) is 5.26 Å². The number of benzene rings is 1. The molecule has 3 rings (SSSR count). The maximum absolute atomic E-state index is 12.3. The van der Waals surface area contributed by atoms with Gasteiger partial charge in [0, 0.05) is 26.2 Å². The number of carbonyl (C=O) groups is 2. The van der Waals surface area contributed by atoms with Crippen LogP contribution in [0.15, 0.2) is 23.8 Å². The minimum absolute atomic E-state index is 0.00655. The zero-order valence-corrected chi connectivity index (χ0v) is 17.2. The van der Waals surface area contributed by atoms with Crippen molar-refractivity contribution in [1.82, 2.24) is 10.2 Å². The average molecular weight is 413 g/mol. The lowest BCUT2D eigenvalue weighted by Crippen LogP contribution is -2.32. The second-order valence-electron chi connectivity index (χ2n) is 7.30. The normalized spacial score (nSPS) is 18.7. The summed E-state index contributed by atoms with van der Waals surface area (Å²) in [5.74, 6) is 0.371. The minimum Gasteiger partial charge on any atom is -0.493 e. The summed E-state index contributed by atoms with van der Waals surface area (Å²) in [6.45, 7) is 2.59. The molecule has 0 spiro atoms. The molecule has 160 valence electrons. The number of nitriles is 1. The number of methoxy groups -OCH3 is 1. The first-order valence-electron chi connectivity index (χ1n) is 10.2. The van der Waals surface area contributed by atoms with Crippen molar-refractivity contribution in [3.63, 3.8) is 0 Å². The molecule has 1 aromatic rings. The molecule has 2 aliphatic rings. The van der Waals surface area contributed by atoms with Crippen molar-refractivity contribution in [2.45, 2.75) is 31.8 Å².